The van der Waals surface area contributed by atoms with Crippen molar-refractivity contribution in [2.45, 2.75) is 51.0 Å². The molecule has 0 aliphatic heterocycles. The molecule has 0 unspecified atom stereocenters. The van der Waals surface area contributed by atoms with E-state index in [1.807, 2.05) is 0 Å². The number of carbonyl (C=O) groups excluding carboxylic acids is 2. The van der Waals surface area contributed by atoms with Gasteiger partial charge in [-0.05, 0) is 55.9 Å². The summed E-state index contributed by atoms with van der Waals surface area (Å²) >= 11 is 0. The van der Waals surface area contributed by atoms with Gasteiger partial charge in [0.15, 0.2) is 0 Å². The Morgan fingerprint density at radius 3 is 2.23 bits per heavy atom. The van der Waals surface area contributed by atoms with Gasteiger partial charge in [-0.15, -0.1) is 0 Å². The van der Waals surface area contributed by atoms with E-state index in [1.54, 1.807) is 43.3 Å². The first kappa shape index (κ1) is 18.9. The highest BCUT2D eigenvalue weighted by Crippen LogP contribution is 2.31. The number of nitrogens with zero attached hydrogens (tertiary/aromatic N) is 2. The van der Waals surface area contributed by atoms with Crippen LogP contribution in [0.25, 0.3) is 0 Å². The summed E-state index contributed by atoms with van der Waals surface area (Å²) in [5.41, 5.74) is 1.38. The van der Waals surface area contributed by atoms with Gasteiger partial charge in [0.1, 0.15) is 0 Å². The van der Waals surface area contributed by atoms with Crippen LogP contribution in [0.5, 0.6) is 0 Å². The fraction of sp³-hybridized carbons (Fsp3) is 0.619. The normalized spacial score (nSPS) is 18.0. The van der Waals surface area contributed by atoms with Crippen LogP contribution in [0, 0.1) is 5.92 Å². The molecule has 0 aromatic heterocycles. The van der Waals surface area contributed by atoms with Gasteiger partial charge in [-0.1, -0.05) is 19.3 Å². The van der Waals surface area contributed by atoms with Gasteiger partial charge in [-0.25, -0.2) is 0 Å². The molecule has 0 saturated heterocycles. The molecule has 2 fully saturated rings. The zero-order valence-corrected chi connectivity index (χ0v) is 16.0. The summed E-state index contributed by atoms with van der Waals surface area (Å²) in [5.74, 6) is 0.767. The Morgan fingerprint density at radius 2 is 1.65 bits per heavy atom. The molecule has 0 atom stereocenters. The minimum atomic E-state index is -0.0322. The van der Waals surface area contributed by atoms with E-state index in [4.69, 9.17) is 0 Å². The molecule has 2 saturated carbocycles. The standard InChI is InChI=1S/C21H31N3O2/c1-23(2)21(26)17-8-10-18(11-9-17)22-20(25)15-24(19-12-13-19)14-16-6-4-3-5-7-16/h8-11,16,19H,3-7,12-15H2,1-2H3,(H,22,25). The van der Waals surface area contributed by atoms with Crippen molar-refractivity contribution < 1.29 is 9.59 Å². The molecule has 26 heavy (non-hydrogen) atoms. The van der Waals surface area contributed by atoms with E-state index >= 15 is 0 Å². The van der Waals surface area contributed by atoms with Gasteiger partial charge in [0.25, 0.3) is 5.91 Å². The summed E-state index contributed by atoms with van der Waals surface area (Å²) < 4.78 is 0. The summed E-state index contributed by atoms with van der Waals surface area (Å²) in [6, 6.07) is 7.73. The molecule has 3 rings (SSSR count). The zero-order valence-electron chi connectivity index (χ0n) is 16.0. The summed E-state index contributed by atoms with van der Waals surface area (Å²) in [6.45, 7) is 1.54. The molecule has 0 bridgehead atoms. The van der Waals surface area contributed by atoms with Crippen LogP contribution in [0.15, 0.2) is 24.3 Å². The Hall–Kier alpha value is -1.88. The number of hydrogen-bond donors (Lipinski definition) is 1. The monoisotopic (exact) mass is 357 g/mol. The Bertz CT molecular complexity index is 617. The van der Waals surface area contributed by atoms with E-state index in [0.717, 1.165) is 18.2 Å². The van der Waals surface area contributed by atoms with Crippen molar-refractivity contribution in [3.63, 3.8) is 0 Å². The molecule has 1 aromatic rings. The van der Waals surface area contributed by atoms with Crippen LogP contribution < -0.4 is 5.32 Å². The van der Waals surface area contributed by atoms with Crippen LogP contribution in [-0.2, 0) is 4.79 Å². The lowest BCUT2D eigenvalue weighted by molar-refractivity contribution is -0.117. The summed E-state index contributed by atoms with van der Waals surface area (Å²) in [7, 11) is 3.47. The first-order valence-electron chi connectivity index (χ1n) is 9.88. The highest BCUT2D eigenvalue weighted by molar-refractivity contribution is 5.96. The number of anilines is 1. The maximum absolute atomic E-state index is 12.5. The first-order valence-corrected chi connectivity index (χ1v) is 9.88. The van der Waals surface area contributed by atoms with E-state index < -0.39 is 0 Å². The third kappa shape index (κ3) is 5.31. The average Bonchev–Trinajstić information content (AvgIpc) is 3.47. The van der Waals surface area contributed by atoms with Crippen LogP contribution in [-0.4, -0.2) is 54.8 Å². The van der Waals surface area contributed by atoms with E-state index in [2.05, 4.69) is 10.2 Å². The summed E-state index contributed by atoms with van der Waals surface area (Å²) in [5, 5.41) is 2.98. The Morgan fingerprint density at radius 1 is 1.00 bits per heavy atom. The zero-order chi connectivity index (χ0) is 18.5. The Kier molecular flexibility index (Phi) is 6.30. The number of benzene rings is 1. The number of rotatable bonds is 7. The number of amides is 2. The minimum Gasteiger partial charge on any atom is -0.345 e. The Labute approximate surface area is 156 Å². The minimum absolute atomic E-state index is 0.0322. The number of carbonyl (C=O) groups is 2. The van der Waals surface area contributed by atoms with E-state index in [9.17, 15) is 9.59 Å². The topological polar surface area (TPSA) is 52.7 Å². The molecular weight excluding hydrogens is 326 g/mol. The van der Waals surface area contributed by atoms with Crippen LogP contribution in [0.4, 0.5) is 5.69 Å². The smallest absolute Gasteiger partial charge is 0.253 e. The first-order chi connectivity index (χ1) is 12.5. The second-order valence-electron chi connectivity index (χ2n) is 7.99. The lowest BCUT2D eigenvalue weighted by atomic mass is 9.89. The van der Waals surface area contributed by atoms with E-state index in [0.29, 0.717) is 18.2 Å². The van der Waals surface area contributed by atoms with Crippen molar-refractivity contribution in [1.29, 1.82) is 0 Å². The molecule has 2 amide bonds. The van der Waals surface area contributed by atoms with Crippen molar-refractivity contribution in [1.82, 2.24) is 9.80 Å². The molecule has 5 nitrogen and oxygen atoms in total. The van der Waals surface area contributed by atoms with Crippen molar-refractivity contribution in [3.05, 3.63) is 29.8 Å². The summed E-state index contributed by atoms with van der Waals surface area (Å²) in [4.78, 5) is 28.4. The van der Waals surface area contributed by atoms with E-state index in [-0.39, 0.29) is 11.8 Å². The molecule has 2 aliphatic carbocycles. The summed E-state index contributed by atoms with van der Waals surface area (Å²) in [6.07, 6.45) is 9.12. The predicted octanol–water partition coefficient (Wildman–Crippen LogP) is 3.37. The van der Waals surface area contributed by atoms with Crippen LogP contribution in [0.2, 0.25) is 0 Å². The predicted molar refractivity (Wildman–Crippen MR) is 104 cm³/mol. The lowest BCUT2D eigenvalue weighted by Gasteiger charge is -2.29. The third-order valence-corrected chi connectivity index (χ3v) is 5.45. The Balaban J connectivity index is 1.52. The SMILES string of the molecule is CN(C)C(=O)c1ccc(NC(=O)CN(CC2CCCCC2)C2CC2)cc1. The van der Waals surface area contributed by atoms with Crippen molar-refractivity contribution in [3.8, 4) is 0 Å². The highest BCUT2D eigenvalue weighted by atomic mass is 16.2. The number of nitrogens with one attached hydrogen (secondary N) is 1. The molecule has 1 aromatic carbocycles. The fourth-order valence-corrected chi connectivity index (χ4v) is 3.82. The molecule has 5 heteroatoms. The molecule has 0 spiro atoms. The molecule has 0 heterocycles. The number of hydrogen-bond acceptors (Lipinski definition) is 3. The maximum Gasteiger partial charge on any atom is 0.253 e. The quantitative estimate of drug-likeness (QED) is 0.814. The van der Waals surface area contributed by atoms with Crippen LogP contribution >= 0.6 is 0 Å². The largest absolute Gasteiger partial charge is 0.345 e. The van der Waals surface area contributed by atoms with Crippen molar-refractivity contribution in [2.24, 2.45) is 5.92 Å². The van der Waals surface area contributed by atoms with Gasteiger partial charge >= 0.3 is 0 Å². The van der Waals surface area contributed by atoms with E-state index in [1.165, 1.54) is 44.9 Å². The van der Waals surface area contributed by atoms with Crippen LogP contribution in [0.1, 0.15) is 55.3 Å². The van der Waals surface area contributed by atoms with Gasteiger partial charge in [0.05, 0.1) is 6.54 Å². The fourth-order valence-electron chi connectivity index (χ4n) is 3.82. The molecule has 2 aliphatic rings. The van der Waals surface area contributed by atoms with Gasteiger partial charge in [-0.3, -0.25) is 14.5 Å². The van der Waals surface area contributed by atoms with Gasteiger partial charge in [0, 0.05) is 37.9 Å². The third-order valence-electron chi connectivity index (χ3n) is 5.45. The lowest BCUT2D eigenvalue weighted by Crippen LogP contribution is -2.38. The van der Waals surface area contributed by atoms with Crippen molar-refractivity contribution >= 4 is 17.5 Å². The van der Waals surface area contributed by atoms with Gasteiger partial charge in [0.2, 0.25) is 5.91 Å². The molecule has 1 N–H and O–H groups in total. The molecule has 142 valence electrons. The molecular formula is C21H31N3O2. The van der Waals surface area contributed by atoms with Crippen molar-refractivity contribution in [2.75, 3.05) is 32.5 Å². The highest BCUT2D eigenvalue weighted by Gasteiger charge is 2.32. The second-order valence-corrected chi connectivity index (χ2v) is 7.99. The maximum atomic E-state index is 12.5. The molecule has 0 radical (unpaired) electrons. The average molecular weight is 357 g/mol. The second kappa shape index (κ2) is 8.67. The van der Waals surface area contributed by atoms with Gasteiger partial charge < -0.3 is 10.2 Å². The van der Waals surface area contributed by atoms with Gasteiger partial charge in [-0.2, -0.15) is 0 Å². The van der Waals surface area contributed by atoms with Crippen LogP contribution in [0.3, 0.4) is 0 Å².